The molecule has 0 aliphatic carbocycles. The van der Waals surface area contributed by atoms with E-state index in [-0.39, 0.29) is 24.1 Å². The number of hydrogen-bond acceptors (Lipinski definition) is 7. The molecular weight excluding hydrogens is 366 g/mol. The summed E-state index contributed by atoms with van der Waals surface area (Å²) in [6, 6.07) is 8.00. The highest BCUT2D eigenvalue weighted by molar-refractivity contribution is 7.99. The van der Waals surface area contributed by atoms with Gasteiger partial charge in [0.2, 0.25) is 11.1 Å². The Labute approximate surface area is 160 Å². The van der Waals surface area contributed by atoms with Crippen molar-refractivity contribution in [2.45, 2.75) is 31.5 Å². The standard InChI is InChI=1S/C18H21N5O3S/c1-3-23-13-8-5-4-7-12(13)16-17(23)20-18(22-21-16)27-11-14(24)19-10-6-9-15(25)26-2/h4-5,7-8H,3,6,9-11H2,1-2H3,(H,19,24). The number of carbonyl (C=O) groups excluding carboxylic acids is 2. The molecule has 0 aliphatic rings. The molecule has 0 bridgehead atoms. The second kappa shape index (κ2) is 8.81. The lowest BCUT2D eigenvalue weighted by Gasteiger charge is -2.05. The van der Waals surface area contributed by atoms with E-state index in [9.17, 15) is 9.59 Å². The minimum Gasteiger partial charge on any atom is -0.469 e. The minimum atomic E-state index is -0.280. The van der Waals surface area contributed by atoms with Crippen molar-refractivity contribution in [3.05, 3.63) is 24.3 Å². The molecule has 2 aromatic heterocycles. The summed E-state index contributed by atoms with van der Waals surface area (Å²) in [5.41, 5.74) is 2.61. The summed E-state index contributed by atoms with van der Waals surface area (Å²) in [6.07, 6.45) is 0.832. The van der Waals surface area contributed by atoms with Gasteiger partial charge in [0, 0.05) is 24.9 Å². The Morgan fingerprint density at radius 3 is 2.85 bits per heavy atom. The van der Waals surface area contributed by atoms with Crippen LogP contribution in [0.2, 0.25) is 0 Å². The molecule has 0 saturated carbocycles. The maximum Gasteiger partial charge on any atom is 0.305 e. The second-order valence-corrected chi connectivity index (χ2v) is 6.79. The predicted molar refractivity (Wildman–Crippen MR) is 103 cm³/mol. The van der Waals surface area contributed by atoms with Crippen LogP contribution >= 0.6 is 11.8 Å². The zero-order valence-corrected chi connectivity index (χ0v) is 16.1. The molecule has 1 aromatic carbocycles. The van der Waals surface area contributed by atoms with Crippen LogP contribution in [-0.4, -0.2) is 51.0 Å². The molecule has 0 atom stereocenters. The Hall–Kier alpha value is -2.68. The summed E-state index contributed by atoms with van der Waals surface area (Å²) in [5.74, 6) is -0.222. The normalized spacial score (nSPS) is 11.0. The van der Waals surface area contributed by atoms with E-state index in [0.29, 0.717) is 18.1 Å². The third-order valence-electron chi connectivity index (χ3n) is 4.11. The van der Waals surface area contributed by atoms with Gasteiger partial charge >= 0.3 is 5.97 Å². The van der Waals surface area contributed by atoms with Crippen molar-refractivity contribution in [3.8, 4) is 0 Å². The van der Waals surface area contributed by atoms with E-state index in [1.54, 1.807) is 0 Å². The SMILES string of the molecule is CCn1c2ccccc2c2nnc(SCC(=O)NCCCC(=O)OC)nc21. The zero-order valence-electron chi connectivity index (χ0n) is 15.3. The molecule has 0 saturated heterocycles. The molecule has 0 radical (unpaired) electrons. The summed E-state index contributed by atoms with van der Waals surface area (Å²) in [6.45, 7) is 3.26. The van der Waals surface area contributed by atoms with Gasteiger partial charge in [-0.15, -0.1) is 10.2 Å². The van der Waals surface area contributed by atoms with Crippen LogP contribution in [0.5, 0.6) is 0 Å². The van der Waals surface area contributed by atoms with Crippen LogP contribution in [0.15, 0.2) is 29.4 Å². The molecule has 3 aromatic rings. The minimum absolute atomic E-state index is 0.135. The number of esters is 1. The highest BCUT2D eigenvalue weighted by atomic mass is 32.2. The van der Waals surface area contributed by atoms with Gasteiger partial charge in [-0.3, -0.25) is 9.59 Å². The largest absolute Gasteiger partial charge is 0.469 e. The van der Waals surface area contributed by atoms with Gasteiger partial charge in [0.05, 0.1) is 18.4 Å². The van der Waals surface area contributed by atoms with Crippen LogP contribution < -0.4 is 5.32 Å². The van der Waals surface area contributed by atoms with Gasteiger partial charge in [-0.25, -0.2) is 4.98 Å². The van der Waals surface area contributed by atoms with E-state index in [1.165, 1.54) is 18.9 Å². The van der Waals surface area contributed by atoms with E-state index >= 15 is 0 Å². The summed E-state index contributed by atoms with van der Waals surface area (Å²) >= 11 is 1.24. The molecule has 27 heavy (non-hydrogen) atoms. The fourth-order valence-corrected chi connectivity index (χ4v) is 3.43. The van der Waals surface area contributed by atoms with Gasteiger partial charge in [-0.2, -0.15) is 0 Å². The molecular formula is C18H21N5O3S. The Balaban J connectivity index is 1.63. The van der Waals surface area contributed by atoms with Crippen LogP contribution in [0.25, 0.3) is 22.1 Å². The van der Waals surface area contributed by atoms with Gasteiger partial charge in [0.25, 0.3) is 0 Å². The second-order valence-electron chi connectivity index (χ2n) is 5.85. The first-order valence-electron chi connectivity index (χ1n) is 8.72. The summed E-state index contributed by atoms with van der Waals surface area (Å²) in [4.78, 5) is 27.6. The molecule has 1 N–H and O–H groups in total. The topological polar surface area (TPSA) is 99.0 Å². The lowest BCUT2D eigenvalue weighted by atomic mass is 10.2. The summed E-state index contributed by atoms with van der Waals surface area (Å²) < 4.78 is 6.65. The highest BCUT2D eigenvalue weighted by Gasteiger charge is 2.14. The number of methoxy groups -OCH3 is 1. The fourth-order valence-electron chi connectivity index (χ4n) is 2.81. The van der Waals surface area contributed by atoms with Gasteiger partial charge in [0.1, 0.15) is 5.52 Å². The van der Waals surface area contributed by atoms with Crippen LogP contribution in [0, 0.1) is 0 Å². The molecule has 0 fully saturated rings. The van der Waals surface area contributed by atoms with Crippen molar-refractivity contribution in [2.75, 3.05) is 19.4 Å². The van der Waals surface area contributed by atoms with Crippen LogP contribution in [0.3, 0.4) is 0 Å². The molecule has 0 spiro atoms. The number of rotatable bonds is 8. The lowest BCUT2D eigenvalue weighted by molar-refractivity contribution is -0.140. The van der Waals surface area contributed by atoms with E-state index < -0.39 is 0 Å². The maximum absolute atomic E-state index is 11.9. The first-order valence-corrected chi connectivity index (χ1v) is 9.70. The van der Waals surface area contributed by atoms with E-state index in [1.807, 2.05) is 24.3 Å². The average Bonchev–Trinajstić information content (AvgIpc) is 3.02. The van der Waals surface area contributed by atoms with Crippen molar-refractivity contribution in [2.24, 2.45) is 0 Å². The monoisotopic (exact) mass is 387 g/mol. The van der Waals surface area contributed by atoms with E-state index in [0.717, 1.165) is 28.6 Å². The first-order chi connectivity index (χ1) is 13.1. The molecule has 142 valence electrons. The number of fused-ring (bicyclic) bond motifs is 3. The fraction of sp³-hybridized carbons (Fsp3) is 0.389. The molecule has 2 heterocycles. The van der Waals surface area contributed by atoms with Gasteiger partial charge in [-0.1, -0.05) is 30.0 Å². The number of para-hydroxylation sites is 1. The Kier molecular flexibility index (Phi) is 6.23. The third kappa shape index (κ3) is 4.36. The average molecular weight is 387 g/mol. The number of nitrogens with zero attached hydrogens (tertiary/aromatic N) is 4. The number of carbonyl (C=O) groups is 2. The molecule has 3 rings (SSSR count). The number of amides is 1. The van der Waals surface area contributed by atoms with Crippen molar-refractivity contribution < 1.29 is 14.3 Å². The smallest absolute Gasteiger partial charge is 0.305 e. The van der Waals surface area contributed by atoms with Crippen LogP contribution in [-0.2, 0) is 20.9 Å². The maximum atomic E-state index is 11.9. The van der Waals surface area contributed by atoms with Gasteiger partial charge in [-0.05, 0) is 19.4 Å². The summed E-state index contributed by atoms with van der Waals surface area (Å²) in [7, 11) is 1.35. The Morgan fingerprint density at radius 2 is 2.07 bits per heavy atom. The van der Waals surface area contributed by atoms with E-state index in [4.69, 9.17) is 0 Å². The van der Waals surface area contributed by atoms with Gasteiger partial charge < -0.3 is 14.6 Å². The zero-order chi connectivity index (χ0) is 19.2. The Bertz CT molecular complexity index is 972. The number of benzene rings is 1. The molecule has 8 nitrogen and oxygen atoms in total. The highest BCUT2D eigenvalue weighted by Crippen LogP contribution is 2.26. The van der Waals surface area contributed by atoms with Crippen LogP contribution in [0.4, 0.5) is 0 Å². The number of hydrogen-bond donors (Lipinski definition) is 1. The first kappa shape index (κ1) is 19.1. The molecule has 9 heteroatoms. The number of thioether (sulfide) groups is 1. The predicted octanol–water partition coefficient (Wildman–Crippen LogP) is 2.16. The van der Waals surface area contributed by atoms with Crippen molar-refractivity contribution >= 4 is 45.7 Å². The number of aromatic nitrogens is 4. The molecule has 0 aliphatic heterocycles. The van der Waals surface area contributed by atoms with E-state index in [2.05, 4.69) is 36.7 Å². The third-order valence-corrected chi connectivity index (χ3v) is 4.95. The number of aryl methyl sites for hydroxylation is 1. The quantitative estimate of drug-likeness (QED) is 0.359. The number of ether oxygens (including phenoxy) is 1. The lowest BCUT2D eigenvalue weighted by Crippen LogP contribution is -2.26. The van der Waals surface area contributed by atoms with Crippen LogP contribution in [0.1, 0.15) is 19.8 Å². The van der Waals surface area contributed by atoms with Crippen molar-refractivity contribution in [3.63, 3.8) is 0 Å². The van der Waals surface area contributed by atoms with Crippen molar-refractivity contribution in [1.82, 2.24) is 25.1 Å². The Morgan fingerprint density at radius 1 is 1.26 bits per heavy atom. The van der Waals surface area contributed by atoms with Gasteiger partial charge in [0.15, 0.2) is 5.65 Å². The molecule has 1 amide bonds. The molecule has 0 unspecified atom stereocenters. The summed E-state index contributed by atoms with van der Waals surface area (Å²) in [5, 5.41) is 12.7. The number of nitrogens with one attached hydrogen (secondary N) is 1. The van der Waals surface area contributed by atoms with Crippen molar-refractivity contribution in [1.29, 1.82) is 0 Å².